The third-order valence-corrected chi connectivity index (χ3v) is 6.25. The fraction of sp³-hybridized carbons (Fsp3) is 0.333. The highest BCUT2D eigenvalue weighted by atomic mass is 16.2. The van der Waals surface area contributed by atoms with Crippen LogP contribution < -0.4 is 10.6 Å². The van der Waals surface area contributed by atoms with Crippen LogP contribution in [0, 0.1) is 5.92 Å². The summed E-state index contributed by atoms with van der Waals surface area (Å²) in [6.45, 7) is 1.71. The molecule has 3 amide bonds. The number of hydrogen-bond acceptors (Lipinski definition) is 4. The fourth-order valence-corrected chi connectivity index (χ4v) is 4.33. The van der Waals surface area contributed by atoms with Crippen molar-refractivity contribution < 1.29 is 14.4 Å². The molecule has 0 bridgehead atoms. The summed E-state index contributed by atoms with van der Waals surface area (Å²) in [4.78, 5) is 44.7. The average Bonchev–Trinajstić information content (AvgIpc) is 2.92. The monoisotopic (exact) mass is 458 g/mol. The molecule has 176 valence electrons. The maximum atomic E-state index is 13.4. The van der Waals surface area contributed by atoms with E-state index in [1.807, 2.05) is 60.7 Å². The Labute approximate surface area is 199 Å². The van der Waals surface area contributed by atoms with E-state index in [-0.39, 0.29) is 30.1 Å². The number of benzene rings is 2. The Morgan fingerprint density at radius 2 is 1.79 bits per heavy atom. The van der Waals surface area contributed by atoms with Gasteiger partial charge in [0.1, 0.15) is 5.69 Å². The van der Waals surface area contributed by atoms with Crippen molar-refractivity contribution >= 4 is 28.5 Å². The van der Waals surface area contributed by atoms with Gasteiger partial charge in [0.25, 0.3) is 5.91 Å². The molecule has 2 heterocycles. The molecule has 7 nitrogen and oxygen atoms in total. The Morgan fingerprint density at radius 3 is 2.65 bits per heavy atom. The first-order valence-electron chi connectivity index (χ1n) is 11.8. The van der Waals surface area contributed by atoms with Crippen LogP contribution >= 0.6 is 0 Å². The summed E-state index contributed by atoms with van der Waals surface area (Å²) >= 11 is 0. The first-order chi connectivity index (χ1) is 16.6. The maximum absolute atomic E-state index is 13.4. The van der Waals surface area contributed by atoms with Gasteiger partial charge in [0.2, 0.25) is 11.8 Å². The molecular formula is C27H30N4O3. The van der Waals surface area contributed by atoms with Gasteiger partial charge in [-0.05, 0) is 36.3 Å². The Kier molecular flexibility index (Phi) is 7.86. The molecule has 1 unspecified atom stereocenters. The molecular weight excluding hydrogens is 428 g/mol. The van der Waals surface area contributed by atoms with Crippen molar-refractivity contribution in [2.75, 3.05) is 19.6 Å². The van der Waals surface area contributed by atoms with E-state index in [9.17, 15) is 14.4 Å². The van der Waals surface area contributed by atoms with Crippen LogP contribution in [0.4, 0.5) is 0 Å². The predicted octanol–water partition coefficient (Wildman–Crippen LogP) is 3.30. The Morgan fingerprint density at radius 1 is 1.00 bits per heavy atom. The van der Waals surface area contributed by atoms with Crippen molar-refractivity contribution in [3.8, 4) is 0 Å². The fourth-order valence-electron chi connectivity index (χ4n) is 4.33. The lowest BCUT2D eigenvalue weighted by molar-refractivity contribution is -0.126. The molecule has 0 saturated carbocycles. The molecule has 0 spiro atoms. The van der Waals surface area contributed by atoms with Crippen molar-refractivity contribution in [1.29, 1.82) is 0 Å². The lowest BCUT2D eigenvalue weighted by atomic mass is 9.97. The number of carbonyl (C=O) groups excluding carboxylic acids is 3. The number of rotatable bonds is 4. The van der Waals surface area contributed by atoms with Crippen molar-refractivity contribution in [2.45, 2.75) is 32.2 Å². The molecule has 4 rings (SSSR count). The first-order valence-corrected chi connectivity index (χ1v) is 11.8. The van der Waals surface area contributed by atoms with Gasteiger partial charge in [-0.3, -0.25) is 19.4 Å². The quantitative estimate of drug-likeness (QED) is 0.628. The molecule has 0 aliphatic carbocycles. The van der Waals surface area contributed by atoms with Gasteiger partial charge in [-0.2, -0.15) is 0 Å². The number of nitrogens with zero attached hydrogens (tertiary/aromatic N) is 2. The molecule has 3 aromatic rings. The molecule has 1 aromatic heterocycles. The smallest absolute Gasteiger partial charge is 0.273 e. The summed E-state index contributed by atoms with van der Waals surface area (Å²) in [5, 5.41) is 7.66. The molecule has 34 heavy (non-hydrogen) atoms. The van der Waals surface area contributed by atoms with E-state index in [1.165, 1.54) is 0 Å². The van der Waals surface area contributed by atoms with Gasteiger partial charge < -0.3 is 15.5 Å². The van der Waals surface area contributed by atoms with Gasteiger partial charge in [-0.25, -0.2) is 0 Å². The third kappa shape index (κ3) is 5.98. The number of aromatic nitrogens is 1. The van der Waals surface area contributed by atoms with Crippen molar-refractivity contribution in [3.63, 3.8) is 0 Å². The van der Waals surface area contributed by atoms with Crippen molar-refractivity contribution in [1.82, 2.24) is 20.5 Å². The van der Waals surface area contributed by atoms with Crippen LogP contribution in [0.15, 0.2) is 66.9 Å². The van der Waals surface area contributed by atoms with E-state index in [1.54, 1.807) is 11.1 Å². The highest BCUT2D eigenvalue weighted by molar-refractivity contribution is 6.05. The molecule has 1 atom stereocenters. The van der Waals surface area contributed by atoms with Crippen LogP contribution in [0.3, 0.4) is 0 Å². The number of fused-ring (bicyclic) bond motifs is 1. The molecule has 1 aliphatic heterocycles. The minimum absolute atomic E-state index is 0.0223. The van der Waals surface area contributed by atoms with E-state index >= 15 is 0 Å². The second-order valence-electron chi connectivity index (χ2n) is 8.60. The first kappa shape index (κ1) is 23.4. The second-order valence-corrected chi connectivity index (χ2v) is 8.60. The summed E-state index contributed by atoms with van der Waals surface area (Å²) < 4.78 is 0. The SMILES string of the molecule is O=C1CCN(C(=O)c2nccc3ccccc23)CCCC(C(=O)NCc2ccccc2)CCN1. The summed E-state index contributed by atoms with van der Waals surface area (Å²) in [5.74, 6) is -0.552. The van der Waals surface area contributed by atoms with Gasteiger partial charge in [0, 0.05) is 50.1 Å². The molecule has 1 fully saturated rings. The number of hydrogen-bond donors (Lipinski definition) is 2. The number of carbonyl (C=O) groups is 3. The zero-order valence-electron chi connectivity index (χ0n) is 19.2. The van der Waals surface area contributed by atoms with Gasteiger partial charge >= 0.3 is 0 Å². The van der Waals surface area contributed by atoms with E-state index in [2.05, 4.69) is 15.6 Å². The van der Waals surface area contributed by atoms with Gasteiger partial charge in [0.15, 0.2) is 0 Å². The van der Waals surface area contributed by atoms with Crippen LogP contribution in [0.25, 0.3) is 10.8 Å². The normalized spacial score (nSPS) is 17.5. The Bertz CT molecular complexity index is 1140. The summed E-state index contributed by atoms with van der Waals surface area (Å²) in [5.41, 5.74) is 1.44. The van der Waals surface area contributed by atoms with Crippen molar-refractivity contribution in [3.05, 3.63) is 78.1 Å². The van der Waals surface area contributed by atoms with E-state index < -0.39 is 0 Å². The zero-order valence-corrected chi connectivity index (χ0v) is 19.2. The lowest BCUT2D eigenvalue weighted by Gasteiger charge is -2.23. The van der Waals surface area contributed by atoms with Crippen LogP contribution in [0.5, 0.6) is 0 Å². The third-order valence-electron chi connectivity index (χ3n) is 6.25. The largest absolute Gasteiger partial charge is 0.356 e. The van der Waals surface area contributed by atoms with Gasteiger partial charge in [-0.15, -0.1) is 0 Å². The molecule has 7 heteroatoms. The van der Waals surface area contributed by atoms with Gasteiger partial charge in [0.05, 0.1) is 0 Å². The standard InChI is InChI=1S/C27H30N4O3/c32-24-14-18-31(27(34)25-23-11-5-4-9-21(23)12-16-29-25)17-6-10-22(13-15-28-24)26(33)30-19-20-7-2-1-3-8-20/h1-5,7-9,11-12,16,22H,6,10,13-15,17-19H2,(H,28,32)(H,30,33). The summed E-state index contributed by atoms with van der Waals surface area (Å²) in [6, 6.07) is 19.3. The average molecular weight is 459 g/mol. The molecule has 2 N–H and O–H groups in total. The zero-order chi connectivity index (χ0) is 23.8. The van der Waals surface area contributed by atoms with E-state index in [0.717, 1.165) is 16.3 Å². The molecule has 0 radical (unpaired) electrons. The molecule has 1 aliphatic rings. The lowest BCUT2D eigenvalue weighted by Crippen LogP contribution is -2.36. The van der Waals surface area contributed by atoms with Crippen LogP contribution in [0.1, 0.15) is 41.7 Å². The number of pyridine rings is 1. The van der Waals surface area contributed by atoms with Crippen molar-refractivity contribution in [2.24, 2.45) is 5.92 Å². The minimum Gasteiger partial charge on any atom is -0.356 e. The highest BCUT2D eigenvalue weighted by Crippen LogP contribution is 2.20. The topological polar surface area (TPSA) is 91.4 Å². The Balaban J connectivity index is 1.44. The maximum Gasteiger partial charge on any atom is 0.273 e. The second kappa shape index (κ2) is 11.4. The number of amides is 3. The van der Waals surface area contributed by atoms with Gasteiger partial charge in [-0.1, -0.05) is 54.6 Å². The minimum atomic E-state index is -0.227. The van der Waals surface area contributed by atoms with Crippen LogP contribution in [-0.4, -0.2) is 47.2 Å². The van der Waals surface area contributed by atoms with Crippen LogP contribution in [0.2, 0.25) is 0 Å². The van der Waals surface area contributed by atoms with E-state index in [4.69, 9.17) is 0 Å². The molecule has 2 aromatic carbocycles. The van der Waals surface area contributed by atoms with Crippen LogP contribution in [-0.2, 0) is 16.1 Å². The highest BCUT2D eigenvalue weighted by Gasteiger charge is 2.24. The van der Waals surface area contributed by atoms with E-state index in [0.29, 0.717) is 51.1 Å². The Hall–Kier alpha value is -3.74. The summed E-state index contributed by atoms with van der Waals surface area (Å²) in [7, 11) is 0. The predicted molar refractivity (Wildman–Crippen MR) is 131 cm³/mol. The number of nitrogens with one attached hydrogen (secondary N) is 2. The summed E-state index contributed by atoms with van der Waals surface area (Å²) in [6.07, 6.45) is 3.76. The molecule has 1 saturated heterocycles.